The van der Waals surface area contributed by atoms with Gasteiger partial charge in [-0.05, 0) is 24.1 Å². The van der Waals surface area contributed by atoms with Crippen molar-refractivity contribution in [1.29, 1.82) is 5.26 Å². The molecule has 0 aromatic heterocycles. The number of nitriles is 1. The monoisotopic (exact) mass is 294 g/mol. The molecule has 0 heterocycles. The molecule has 0 spiro atoms. The summed E-state index contributed by atoms with van der Waals surface area (Å²) in [6.07, 6.45) is 1.78. The molecule has 5 nitrogen and oxygen atoms in total. The van der Waals surface area contributed by atoms with Gasteiger partial charge in [-0.3, -0.25) is 4.79 Å². The van der Waals surface area contributed by atoms with E-state index in [-0.39, 0.29) is 5.75 Å². The van der Waals surface area contributed by atoms with Crippen LogP contribution in [-0.4, -0.2) is 26.6 Å². The zero-order chi connectivity index (χ0) is 15.0. The standard InChI is InChI=1S/C14H18N2O3S/c1-2-3-8-16-14(17)11-20(18,19)10-13-6-4-12(9-15)5-7-13/h4-7H,2-3,8,10-11H2,1H3,(H,16,17). The maximum Gasteiger partial charge on any atom is 0.235 e. The average Bonchev–Trinajstić information content (AvgIpc) is 2.38. The first-order valence-electron chi connectivity index (χ1n) is 6.43. The smallest absolute Gasteiger partial charge is 0.235 e. The van der Waals surface area contributed by atoms with E-state index in [1.165, 1.54) is 0 Å². The maximum atomic E-state index is 11.9. The number of carbonyl (C=O) groups is 1. The molecule has 1 amide bonds. The van der Waals surface area contributed by atoms with Gasteiger partial charge in [0.1, 0.15) is 5.75 Å². The third-order valence-corrected chi connectivity index (χ3v) is 4.15. The first kappa shape index (κ1) is 16.2. The van der Waals surface area contributed by atoms with Crippen molar-refractivity contribution in [2.24, 2.45) is 0 Å². The molecular formula is C14H18N2O3S. The van der Waals surface area contributed by atoms with Crippen LogP contribution in [-0.2, 0) is 20.4 Å². The van der Waals surface area contributed by atoms with E-state index in [0.717, 1.165) is 12.8 Å². The van der Waals surface area contributed by atoms with E-state index >= 15 is 0 Å². The molecule has 0 aliphatic rings. The summed E-state index contributed by atoms with van der Waals surface area (Å²) in [5.74, 6) is -1.16. The number of rotatable bonds is 7. The Morgan fingerprint density at radius 1 is 1.30 bits per heavy atom. The third-order valence-electron chi connectivity index (χ3n) is 2.67. The van der Waals surface area contributed by atoms with Gasteiger partial charge in [-0.2, -0.15) is 5.26 Å². The largest absolute Gasteiger partial charge is 0.355 e. The minimum atomic E-state index is -3.49. The molecule has 0 radical (unpaired) electrons. The molecule has 0 saturated carbocycles. The first-order valence-corrected chi connectivity index (χ1v) is 8.25. The van der Waals surface area contributed by atoms with E-state index in [1.807, 2.05) is 13.0 Å². The predicted octanol–water partition coefficient (Wildman–Crippen LogP) is 1.39. The number of carbonyl (C=O) groups excluding carboxylic acids is 1. The molecule has 108 valence electrons. The van der Waals surface area contributed by atoms with Gasteiger partial charge >= 0.3 is 0 Å². The molecule has 0 aliphatic carbocycles. The molecule has 0 bridgehead atoms. The lowest BCUT2D eigenvalue weighted by Gasteiger charge is -2.06. The zero-order valence-corrected chi connectivity index (χ0v) is 12.2. The van der Waals surface area contributed by atoms with Crippen LogP contribution in [0.4, 0.5) is 0 Å². The summed E-state index contributed by atoms with van der Waals surface area (Å²) >= 11 is 0. The third kappa shape index (κ3) is 5.85. The lowest BCUT2D eigenvalue weighted by Crippen LogP contribution is -2.31. The Labute approximate surface area is 119 Å². The number of nitrogens with one attached hydrogen (secondary N) is 1. The van der Waals surface area contributed by atoms with Crippen molar-refractivity contribution in [3.05, 3.63) is 35.4 Å². The fraction of sp³-hybridized carbons (Fsp3) is 0.429. The van der Waals surface area contributed by atoms with Gasteiger partial charge in [0, 0.05) is 6.54 Å². The Morgan fingerprint density at radius 3 is 2.50 bits per heavy atom. The quantitative estimate of drug-likeness (QED) is 0.770. The van der Waals surface area contributed by atoms with Crippen molar-refractivity contribution in [2.45, 2.75) is 25.5 Å². The van der Waals surface area contributed by atoms with Crippen molar-refractivity contribution in [1.82, 2.24) is 5.32 Å². The van der Waals surface area contributed by atoms with Gasteiger partial charge in [0.05, 0.1) is 17.4 Å². The second kappa shape index (κ2) is 7.65. The topological polar surface area (TPSA) is 87.0 Å². The van der Waals surface area contributed by atoms with E-state index in [4.69, 9.17) is 5.26 Å². The molecule has 0 saturated heterocycles. The van der Waals surface area contributed by atoms with E-state index in [1.54, 1.807) is 24.3 Å². The van der Waals surface area contributed by atoms with Gasteiger partial charge in [0.15, 0.2) is 9.84 Å². The zero-order valence-electron chi connectivity index (χ0n) is 11.4. The van der Waals surface area contributed by atoms with Gasteiger partial charge in [-0.1, -0.05) is 25.5 Å². The molecule has 6 heteroatoms. The molecule has 1 aromatic rings. The molecule has 1 aromatic carbocycles. The molecular weight excluding hydrogens is 276 g/mol. The van der Waals surface area contributed by atoms with Crippen molar-refractivity contribution in [2.75, 3.05) is 12.3 Å². The Morgan fingerprint density at radius 2 is 1.95 bits per heavy atom. The molecule has 1 rings (SSSR count). The highest BCUT2D eigenvalue weighted by Crippen LogP contribution is 2.08. The number of unbranched alkanes of at least 4 members (excludes halogenated alkanes) is 1. The Hall–Kier alpha value is -1.87. The molecule has 1 N–H and O–H groups in total. The molecule has 0 unspecified atom stereocenters. The summed E-state index contributed by atoms with van der Waals surface area (Å²) in [6.45, 7) is 2.50. The summed E-state index contributed by atoms with van der Waals surface area (Å²) in [6, 6.07) is 8.26. The number of nitrogens with zero attached hydrogens (tertiary/aromatic N) is 1. The van der Waals surface area contributed by atoms with Gasteiger partial charge in [0.2, 0.25) is 5.91 Å². The second-order valence-corrected chi connectivity index (χ2v) is 6.61. The Bertz CT molecular complexity index is 586. The highest BCUT2D eigenvalue weighted by Gasteiger charge is 2.17. The predicted molar refractivity (Wildman–Crippen MR) is 76.6 cm³/mol. The van der Waals surface area contributed by atoms with Gasteiger partial charge in [0.25, 0.3) is 0 Å². The number of benzene rings is 1. The normalized spacial score (nSPS) is 10.8. The number of hydrogen-bond acceptors (Lipinski definition) is 4. The van der Waals surface area contributed by atoms with Gasteiger partial charge in [-0.25, -0.2) is 8.42 Å². The van der Waals surface area contributed by atoms with Gasteiger partial charge in [-0.15, -0.1) is 0 Å². The van der Waals surface area contributed by atoms with Crippen LogP contribution in [0.15, 0.2) is 24.3 Å². The van der Waals surface area contributed by atoms with Crippen LogP contribution in [0.3, 0.4) is 0 Å². The van der Waals surface area contributed by atoms with Crippen LogP contribution < -0.4 is 5.32 Å². The number of sulfone groups is 1. The first-order chi connectivity index (χ1) is 9.46. The summed E-state index contributed by atoms with van der Waals surface area (Å²) < 4.78 is 23.7. The van der Waals surface area contributed by atoms with E-state index in [9.17, 15) is 13.2 Å². The van der Waals surface area contributed by atoms with Crippen LogP contribution in [0.5, 0.6) is 0 Å². The summed E-state index contributed by atoms with van der Waals surface area (Å²) in [7, 11) is -3.49. The van der Waals surface area contributed by atoms with Crippen LogP contribution >= 0.6 is 0 Å². The van der Waals surface area contributed by atoms with Crippen LogP contribution in [0.1, 0.15) is 30.9 Å². The van der Waals surface area contributed by atoms with Crippen molar-refractivity contribution >= 4 is 15.7 Å². The van der Waals surface area contributed by atoms with Crippen molar-refractivity contribution in [3.63, 3.8) is 0 Å². The van der Waals surface area contributed by atoms with Crippen LogP contribution in [0.25, 0.3) is 0 Å². The van der Waals surface area contributed by atoms with Crippen molar-refractivity contribution < 1.29 is 13.2 Å². The highest BCUT2D eigenvalue weighted by molar-refractivity contribution is 7.91. The molecule has 0 atom stereocenters. The summed E-state index contributed by atoms with van der Waals surface area (Å²) in [5, 5.41) is 11.2. The lowest BCUT2D eigenvalue weighted by atomic mass is 10.2. The second-order valence-electron chi connectivity index (χ2n) is 4.54. The van der Waals surface area contributed by atoms with Crippen LogP contribution in [0, 0.1) is 11.3 Å². The van der Waals surface area contributed by atoms with Crippen molar-refractivity contribution in [3.8, 4) is 6.07 Å². The molecule has 0 aliphatic heterocycles. The summed E-state index contributed by atoms with van der Waals surface area (Å²) in [4.78, 5) is 11.5. The van der Waals surface area contributed by atoms with E-state index in [0.29, 0.717) is 17.7 Å². The Kier molecular flexibility index (Phi) is 6.19. The fourth-order valence-electron chi connectivity index (χ4n) is 1.64. The van der Waals surface area contributed by atoms with E-state index < -0.39 is 21.5 Å². The van der Waals surface area contributed by atoms with Crippen LogP contribution in [0.2, 0.25) is 0 Å². The van der Waals surface area contributed by atoms with E-state index in [2.05, 4.69) is 5.32 Å². The highest BCUT2D eigenvalue weighted by atomic mass is 32.2. The Balaban J connectivity index is 2.56. The molecule has 20 heavy (non-hydrogen) atoms. The molecule has 0 fully saturated rings. The SMILES string of the molecule is CCCCNC(=O)CS(=O)(=O)Cc1ccc(C#N)cc1. The summed E-state index contributed by atoms with van der Waals surface area (Å²) in [5.41, 5.74) is 1.05. The minimum absolute atomic E-state index is 0.195. The minimum Gasteiger partial charge on any atom is -0.355 e. The number of amides is 1. The fourth-order valence-corrected chi connectivity index (χ4v) is 2.94. The number of hydrogen-bond donors (Lipinski definition) is 1. The lowest BCUT2D eigenvalue weighted by molar-refractivity contribution is -0.118. The van der Waals surface area contributed by atoms with Gasteiger partial charge < -0.3 is 5.32 Å². The average molecular weight is 294 g/mol. The maximum absolute atomic E-state index is 11.9.